The van der Waals surface area contributed by atoms with Gasteiger partial charge in [-0.3, -0.25) is 4.79 Å². The molecule has 2 aliphatic heterocycles. The fraction of sp³-hybridized carbons (Fsp3) is 0.233. The van der Waals surface area contributed by atoms with Gasteiger partial charge in [-0.25, -0.2) is 9.79 Å². The highest BCUT2D eigenvalue weighted by Gasteiger charge is 2.22. The molecule has 1 atom stereocenters. The number of amides is 1. The zero-order valence-corrected chi connectivity index (χ0v) is 22.1. The molecular formula is C30H32N6O3. The number of aliphatic imine (C=N–C) groups is 1. The largest absolute Gasteiger partial charge is 0.465 e. The molecule has 0 saturated carbocycles. The fourth-order valence-electron chi connectivity index (χ4n) is 4.78. The molecule has 5 rings (SSSR count). The molecule has 0 bridgehead atoms. The molecule has 1 unspecified atom stereocenters. The number of fused-ring (bicyclic) bond motifs is 1. The predicted octanol–water partition coefficient (Wildman–Crippen LogP) is 4.26. The number of nitrogens with zero attached hydrogens (tertiary/aromatic N) is 3. The Bertz CT molecular complexity index is 1430. The van der Waals surface area contributed by atoms with Crippen molar-refractivity contribution in [1.29, 1.82) is 0 Å². The Morgan fingerprint density at radius 3 is 2.64 bits per heavy atom. The molecule has 0 spiro atoms. The molecule has 2 heterocycles. The van der Waals surface area contributed by atoms with Crippen LogP contribution in [0.2, 0.25) is 0 Å². The van der Waals surface area contributed by atoms with Gasteiger partial charge in [-0.05, 0) is 49.0 Å². The maximum atomic E-state index is 12.7. The predicted molar refractivity (Wildman–Crippen MR) is 157 cm³/mol. The van der Waals surface area contributed by atoms with E-state index in [1.807, 2.05) is 66.9 Å². The number of hydrogen-bond acceptors (Lipinski definition) is 8. The van der Waals surface area contributed by atoms with E-state index in [0.717, 1.165) is 54.2 Å². The SMILES string of the molecule is C=CC(=O)Nc1cccc(-c2cccc3c2NC(Nc2ccc(N4CCN(C)CC4)cc2C(=O)OC)N=C3)c1. The van der Waals surface area contributed by atoms with E-state index in [-0.39, 0.29) is 5.91 Å². The van der Waals surface area contributed by atoms with Crippen molar-refractivity contribution in [1.82, 2.24) is 4.90 Å². The second-order valence-corrected chi connectivity index (χ2v) is 9.53. The van der Waals surface area contributed by atoms with Crippen LogP contribution in [0.15, 0.2) is 78.3 Å². The molecule has 3 aromatic carbocycles. The van der Waals surface area contributed by atoms with Gasteiger partial charge >= 0.3 is 5.97 Å². The zero-order valence-electron chi connectivity index (χ0n) is 22.1. The molecule has 1 fully saturated rings. The van der Waals surface area contributed by atoms with E-state index in [2.05, 4.69) is 44.4 Å². The highest BCUT2D eigenvalue weighted by atomic mass is 16.5. The minimum absolute atomic E-state index is 0.267. The molecule has 3 N–H and O–H groups in total. The summed E-state index contributed by atoms with van der Waals surface area (Å²) in [6.45, 7) is 7.26. The van der Waals surface area contributed by atoms with Crippen molar-refractivity contribution in [2.45, 2.75) is 6.29 Å². The molecule has 1 amide bonds. The Morgan fingerprint density at radius 1 is 1.08 bits per heavy atom. The minimum Gasteiger partial charge on any atom is -0.465 e. The second kappa shape index (κ2) is 11.4. The molecule has 9 nitrogen and oxygen atoms in total. The number of hydrogen-bond donors (Lipinski definition) is 3. The number of esters is 1. The van der Waals surface area contributed by atoms with Crippen molar-refractivity contribution in [3.05, 3.63) is 84.4 Å². The van der Waals surface area contributed by atoms with Crippen molar-refractivity contribution in [3.8, 4) is 11.1 Å². The number of methoxy groups -OCH3 is 1. The Hall–Kier alpha value is -4.63. The average Bonchev–Trinajstić information content (AvgIpc) is 2.97. The summed E-state index contributed by atoms with van der Waals surface area (Å²) in [5, 5.41) is 9.64. The van der Waals surface area contributed by atoms with Gasteiger partial charge in [0.15, 0.2) is 6.29 Å². The smallest absolute Gasteiger partial charge is 0.340 e. The van der Waals surface area contributed by atoms with Gasteiger partial charge in [0, 0.05) is 54.9 Å². The van der Waals surface area contributed by atoms with Gasteiger partial charge in [-0.15, -0.1) is 0 Å². The van der Waals surface area contributed by atoms with E-state index in [9.17, 15) is 9.59 Å². The molecule has 0 radical (unpaired) electrons. The quantitative estimate of drug-likeness (QED) is 0.314. The van der Waals surface area contributed by atoms with E-state index >= 15 is 0 Å². The number of likely N-dealkylation sites (N-methyl/N-ethyl adjacent to an activating group) is 1. The number of carbonyl (C=O) groups is 2. The Kier molecular flexibility index (Phi) is 7.60. The van der Waals surface area contributed by atoms with Crippen molar-refractivity contribution in [2.75, 3.05) is 61.2 Å². The first-order valence-corrected chi connectivity index (χ1v) is 12.8. The van der Waals surface area contributed by atoms with E-state index in [0.29, 0.717) is 16.9 Å². The van der Waals surface area contributed by atoms with Crippen LogP contribution in [0.4, 0.5) is 22.7 Å². The van der Waals surface area contributed by atoms with Gasteiger partial charge in [0.25, 0.3) is 0 Å². The topological polar surface area (TPSA) is 98.3 Å². The van der Waals surface area contributed by atoms with Gasteiger partial charge in [-0.1, -0.05) is 36.9 Å². The summed E-state index contributed by atoms with van der Waals surface area (Å²) in [4.78, 5) is 33.7. The number of anilines is 4. The first-order valence-electron chi connectivity index (χ1n) is 12.8. The van der Waals surface area contributed by atoms with Gasteiger partial charge in [-0.2, -0.15) is 0 Å². The second-order valence-electron chi connectivity index (χ2n) is 9.53. The van der Waals surface area contributed by atoms with Gasteiger partial charge in [0.2, 0.25) is 5.91 Å². The lowest BCUT2D eigenvalue weighted by Crippen LogP contribution is -2.44. The molecule has 200 valence electrons. The normalized spacial score (nSPS) is 16.6. The molecule has 39 heavy (non-hydrogen) atoms. The molecule has 2 aliphatic rings. The van der Waals surface area contributed by atoms with Crippen molar-refractivity contribution in [3.63, 3.8) is 0 Å². The van der Waals surface area contributed by atoms with Crippen LogP contribution in [0.3, 0.4) is 0 Å². The third-order valence-corrected chi connectivity index (χ3v) is 6.94. The summed E-state index contributed by atoms with van der Waals surface area (Å²) >= 11 is 0. The van der Waals surface area contributed by atoms with E-state index < -0.39 is 12.3 Å². The molecule has 0 aliphatic carbocycles. The molecule has 1 saturated heterocycles. The number of ether oxygens (including phenoxy) is 1. The third-order valence-electron chi connectivity index (χ3n) is 6.94. The first-order chi connectivity index (χ1) is 18.9. The van der Waals surface area contributed by atoms with Crippen LogP contribution in [-0.2, 0) is 9.53 Å². The van der Waals surface area contributed by atoms with Crippen LogP contribution in [0.25, 0.3) is 11.1 Å². The number of rotatable bonds is 7. The molecule has 3 aromatic rings. The highest BCUT2D eigenvalue weighted by molar-refractivity contribution is 6.01. The molecular weight excluding hydrogens is 492 g/mol. The summed E-state index contributed by atoms with van der Waals surface area (Å²) in [5.74, 6) is -0.676. The Labute approximate surface area is 228 Å². The third kappa shape index (κ3) is 5.78. The maximum absolute atomic E-state index is 12.7. The number of para-hydroxylation sites is 1. The Balaban J connectivity index is 1.40. The number of nitrogens with one attached hydrogen (secondary N) is 3. The number of piperazine rings is 1. The monoisotopic (exact) mass is 524 g/mol. The summed E-state index contributed by atoms with van der Waals surface area (Å²) < 4.78 is 5.10. The fourth-order valence-corrected chi connectivity index (χ4v) is 4.78. The summed E-state index contributed by atoms with van der Waals surface area (Å²) in [6.07, 6.45) is 2.54. The van der Waals surface area contributed by atoms with Crippen LogP contribution in [0.5, 0.6) is 0 Å². The minimum atomic E-state index is -0.514. The maximum Gasteiger partial charge on any atom is 0.340 e. The van der Waals surface area contributed by atoms with Gasteiger partial charge < -0.3 is 30.5 Å². The lowest BCUT2D eigenvalue weighted by atomic mass is 9.99. The lowest BCUT2D eigenvalue weighted by Gasteiger charge is -2.34. The van der Waals surface area contributed by atoms with E-state index in [1.165, 1.54) is 13.2 Å². The van der Waals surface area contributed by atoms with Crippen molar-refractivity contribution in [2.24, 2.45) is 4.99 Å². The van der Waals surface area contributed by atoms with Crippen LogP contribution >= 0.6 is 0 Å². The van der Waals surface area contributed by atoms with Crippen LogP contribution in [0, 0.1) is 0 Å². The lowest BCUT2D eigenvalue weighted by molar-refractivity contribution is -0.111. The Morgan fingerprint density at radius 2 is 1.87 bits per heavy atom. The molecule has 0 aromatic heterocycles. The standard InChI is InChI=1S/C30H32N6O3/c1-4-27(37)32-22-9-5-7-20(17-22)24-10-6-8-21-19-31-30(34-28(21)24)33-26-12-11-23(18-25(26)29(38)39-3)36-15-13-35(2)14-16-36/h4-12,17-19,30,33-34H,1,13-16H2,2-3H3,(H,32,37). The highest BCUT2D eigenvalue weighted by Crippen LogP contribution is 2.35. The number of carbonyl (C=O) groups excluding carboxylic acids is 2. The van der Waals surface area contributed by atoms with Crippen LogP contribution in [-0.4, -0.2) is 69.6 Å². The summed E-state index contributed by atoms with van der Waals surface area (Å²) in [5.41, 5.74) is 6.47. The zero-order chi connectivity index (χ0) is 27.4. The number of benzene rings is 3. The van der Waals surface area contributed by atoms with Crippen molar-refractivity contribution < 1.29 is 14.3 Å². The molecule has 9 heteroatoms. The van der Waals surface area contributed by atoms with Gasteiger partial charge in [0.05, 0.1) is 24.0 Å². The van der Waals surface area contributed by atoms with E-state index in [4.69, 9.17) is 4.74 Å². The summed E-state index contributed by atoms with van der Waals surface area (Å²) in [7, 11) is 3.50. The van der Waals surface area contributed by atoms with E-state index in [1.54, 1.807) is 0 Å². The van der Waals surface area contributed by atoms with Crippen LogP contribution in [0.1, 0.15) is 15.9 Å². The van der Waals surface area contributed by atoms with Crippen LogP contribution < -0.4 is 20.9 Å². The average molecular weight is 525 g/mol. The summed E-state index contributed by atoms with van der Waals surface area (Å²) in [6, 6.07) is 19.4. The van der Waals surface area contributed by atoms with Crippen molar-refractivity contribution >= 4 is 40.8 Å². The van der Waals surface area contributed by atoms with Gasteiger partial charge in [0.1, 0.15) is 0 Å². The first kappa shape index (κ1) is 26.0.